The Hall–Kier alpha value is -0.160. The molecular weight excluding hydrogens is 184 g/mol. The van der Waals surface area contributed by atoms with Gasteiger partial charge in [-0.3, -0.25) is 0 Å². The quantitative estimate of drug-likeness (QED) is 0.500. The van der Waals surface area contributed by atoms with E-state index in [1.54, 1.807) is 0 Å². The Balaban J connectivity index is 0. The van der Waals surface area contributed by atoms with Crippen LogP contribution < -0.4 is 0 Å². The number of aliphatic hydroxyl groups is 4. The zero-order valence-corrected chi connectivity index (χ0v) is 9.19. The van der Waals surface area contributed by atoms with E-state index in [9.17, 15) is 5.11 Å². The first-order valence-electron chi connectivity index (χ1n) is 5.18. The third-order valence-electron chi connectivity index (χ3n) is 1.99. The van der Waals surface area contributed by atoms with E-state index in [0.29, 0.717) is 0 Å². The first-order valence-corrected chi connectivity index (χ1v) is 5.18. The van der Waals surface area contributed by atoms with Gasteiger partial charge in [0.25, 0.3) is 0 Å². The summed E-state index contributed by atoms with van der Waals surface area (Å²) in [5.74, 6) is 0.0833. The lowest BCUT2D eigenvalue weighted by Crippen LogP contribution is -2.22. The van der Waals surface area contributed by atoms with E-state index in [0.717, 1.165) is 19.3 Å². The molecule has 0 aliphatic rings. The zero-order chi connectivity index (χ0) is 11.4. The molecule has 0 saturated heterocycles. The van der Waals surface area contributed by atoms with Gasteiger partial charge in [-0.25, -0.2) is 0 Å². The molecule has 0 saturated carbocycles. The highest BCUT2D eigenvalue weighted by Gasteiger charge is 2.14. The Morgan fingerprint density at radius 2 is 1.50 bits per heavy atom. The van der Waals surface area contributed by atoms with Crippen LogP contribution in [0.1, 0.15) is 33.1 Å². The molecule has 0 amide bonds. The van der Waals surface area contributed by atoms with Gasteiger partial charge in [0.05, 0.1) is 19.3 Å². The second-order valence-corrected chi connectivity index (χ2v) is 3.15. The van der Waals surface area contributed by atoms with Crippen LogP contribution in [0.3, 0.4) is 0 Å². The molecule has 0 aromatic heterocycles. The number of aliphatic hydroxyl groups excluding tert-OH is 4. The van der Waals surface area contributed by atoms with Crippen molar-refractivity contribution in [2.45, 2.75) is 39.2 Å². The molecule has 2 atom stereocenters. The minimum atomic E-state index is -0.306. The molecule has 88 valence electrons. The summed E-state index contributed by atoms with van der Waals surface area (Å²) >= 11 is 0. The molecule has 2 unspecified atom stereocenters. The SMILES string of the molecule is CCCC(O)C(CC)CO.OCCO. The van der Waals surface area contributed by atoms with E-state index in [-0.39, 0.29) is 31.8 Å². The maximum atomic E-state index is 9.35. The van der Waals surface area contributed by atoms with E-state index >= 15 is 0 Å². The highest BCUT2D eigenvalue weighted by molar-refractivity contribution is 4.65. The van der Waals surface area contributed by atoms with Gasteiger partial charge in [-0.1, -0.05) is 20.3 Å². The first-order chi connectivity index (χ1) is 6.67. The lowest BCUT2D eigenvalue weighted by Gasteiger charge is -2.17. The normalized spacial score (nSPS) is 14.1. The van der Waals surface area contributed by atoms with Crippen LogP contribution in [0.2, 0.25) is 0 Å². The Morgan fingerprint density at radius 3 is 1.71 bits per heavy atom. The molecule has 14 heavy (non-hydrogen) atoms. The van der Waals surface area contributed by atoms with Crippen LogP contribution in [-0.4, -0.2) is 46.4 Å². The second kappa shape index (κ2) is 12.8. The molecule has 4 heteroatoms. The van der Waals surface area contributed by atoms with Crippen molar-refractivity contribution in [2.24, 2.45) is 5.92 Å². The maximum Gasteiger partial charge on any atom is 0.0662 e. The third-order valence-corrected chi connectivity index (χ3v) is 1.99. The predicted octanol–water partition coefficient (Wildman–Crippen LogP) is 0.137. The van der Waals surface area contributed by atoms with Gasteiger partial charge >= 0.3 is 0 Å². The summed E-state index contributed by atoms with van der Waals surface area (Å²) in [6, 6.07) is 0. The van der Waals surface area contributed by atoms with Gasteiger partial charge in [0.1, 0.15) is 0 Å². The lowest BCUT2D eigenvalue weighted by atomic mass is 9.97. The molecule has 0 fully saturated rings. The first kappa shape index (κ1) is 16.3. The molecule has 0 heterocycles. The second-order valence-electron chi connectivity index (χ2n) is 3.15. The average Bonchev–Trinajstić information content (AvgIpc) is 2.20. The molecule has 0 aromatic rings. The zero-order valence-electron chi connectivity index (χ0n) is 9.19. The van der Waals surface area contributed by atoms with E-state index < -0.39 is 0 Å². The Labute approximate surface area is 86.2 Å². The molecule has 4 N–H and O–H groups in total. The molecule has 0 aromatic carbocycles. The fourth-order valence-electron chi connectivity index (χ4n) is 1.05. The van der Waals surface area contributed by atoms with E-state index in [1.165, 1.54) is 0 Å². The summed E-state index contributed by atoms with van der Waals surface area (Å²) in [6.07, 6.45) is 2.34. The van der Waals surface area contributed by atoms with Crippen molar-refractivity contribution < 1.29 is 20.4 Å². The summed E-state index contributed by atoms with van der Waals surface area (Å²) in [5, 5.41) is 33.4. The van der Waals surface area contributed by atoms with Gasteiger partial charge in [0, 0.05) is 12.5 Å². The summed E-state index contributed by atoms with van der Waals surface area (Å²) in [7, 11) is 0. The van der Waals surface area contributed by atoms with Crippen molar-refractivity contribution in [3.05, 3.63) is 0 Å². The molecule has 0 aliphatic carbocycles. The maximum absolute atomic E-state index is 9.35. The largest absolute Gasteiger partial charge is 0.396 e. The smallest absolute Gasteiger partial charge is 0.0662 e. The fraction of sp³-hybridized carbons (Fsp3) is 1.00. The summed E-state index contributed by atoms with van der Waals surface area (Å²) in [6.45, 7) is 3.88. The van der Waals surface area contributed by atoms with Crippen molar-refractivity contribution in [2.75, 3.05) is 19.8 Å². The molecule has 0 bridgehead atoms. The van der Waals surface area contributed by atoms with Crippen molar-refractivity contribution in [1.82, 2.24) is 0 Å². The summed E-state index contributed by atoms with van der Waals surface area (Å²) in [4.78, 5) is 0. The van der Waals surface area contributed by atoms with Crippen LogP contribution in [0.15, 0.2) is 0 Å². The van der Waals surface area contributed by atoms with E-state index in [1.807, 2.05) is 13.8 Å². The van der Waals surface area contributed by atoms with Gasteiger partial charge in [0.2, 0.25) is 0 Å². The van der Waals surface area contributed by atoms with Gasteiger partial charge in [-0.2, -0.15) is 0 Å². The van der Waals surface area contributed by atoms with Crippen LogP contribution in [0.25, 0.3) is 0 Å². The van der Waals surface area contributed by atoms with Crippen LogP contribution in [0.4, 0.5) is 0 Å². The minimum absolute atomic E-state index is 0.0833. The lowest BCUT2D eigenvalue weighted by molar-refractivity contribution is 0.0584. The Bertz CT molecular complexity index is 92.1. The molecule has 4 nitrogen and oxygen atoms in total. The molecule has 0 rings (SSSR count). The van der Waals surface area contributed by atoms with E-state index in [2.05, 4.69) is 0 Å². The number of hydrogen-bond donors (Lipinski definition) is 4. The topological polar surface area (TPSA) is 80.9 Å². The molecule has 0 spiro atoms. The highest BCUT2D eigenvalue weighted by Crippen LogP contribution is 2.11. The average molecular weight is 208 g/mol. The van der Waals surface area contributed by atoms with Crippen LogP contribution in [0.5, 0.6) is 0 Å². The number of rotatable bonds is 6. The minimum Gasteiger partial charge on any atom is -0.396 e. The fourth-order valence-corrected chi connectivity index (χ4v) is 1.05. The van der Waals surface area contributed by atoms with Crippen molar-refractivity contribution in [3.63, 3.8) is 0 Å². The Kier molecular flexibility index (Phi) is 14.9. The van der Waals surface area contributed by atoms with Crippen LogP contribution >= 0.6 is 0 Å². The van der Waals surface area contributed by atoms with E-state index in [4.69, 9.17) is 15.3 Å². The Morgan fingerprint density at radius 1 is 1.00 bits per heavy atom. The monoisotopic (exact) mass is 208 g/mol. The summed E-state index contributed by atoms with van der Waals surface area (Å²) < 4.78 is 0. The summed E-state index contributed by atoms with van der Waals surface area (Å²) in [5.41, 5.74) is 0. The van der Waals surface area contributed by atoms with Crippen molar-refractivity contribution >= 4 is 0 Å². The van der Waals surface area contributed by atoms with Crippen LogP contribution in [0, 0.1) is 5.92 Å². The van der Waals surface area contributed by atoms with Crippen molar-refractivity contribution in [1.29, 1.82) is 0 Å². The van der Waals surface area contributed by atoms with Crippen LogP contribution in [-0.2, 0) is 0 Å². The standard InChI is InChI=1S/C8H18O2.C2H6O2/c1-3-5-8(10)7(4-2)6-9;3-1-2-4/h7-10H,3-6H2,1-2H3;3-4H,1-2H2. The van der Waals surface area contributed by atoms with Gasteiger partial charge in [0.15, 0.2) is 0 Å². The number of hydrogen-bond acceptors (Lipinski definition) is 4. The van der Waals surface area contributed by atoms with Crippen molar-refractivity contribution in [3.8, 4) is 0 Å². The van der Waals surface area contributed by atoms with Gasteiger partial charge in [-0.15, -0.1) is 0 Å². The van der Waals surface area contributed by atoms with Gasteiger partial charge < -0.3 is 20.4 Å². The molecule has 0 radical (unpaired) electrons. The predicted molar refractivity (Wildman–Crippen MR) is 56.0 cm³/mol. The highest BCUT2D eigenvalue weighted by atomic mass is 16.3. The molecular formula is C10H24O4. The van der Waals surface area contributed by atoms with Gasteiger partial charge in [-0.05, 0) is 12.8 Å². The third kappa shape index (κ3) is 9.92. The molecule has 0 aliphatic heterocycles.